The third-order valence-electron chi connectivity index (χ3n) is 5.06. The minimum absolute atomic E-state index is 0.140. The van der Waals surface area contributed by atoms with Crippen molar-refractivity contribution in [3.63, 3.8) is 0 Å². The highest BCUT2D eigenvalue weighted by atomic mass is 32.2. The summed E-state index contributed by atoms with van der Waals surface area (Å²) in [5.74, 6) is 0.467. The molecule has 0 fully saturated rings. The van der Waals surface area contributed by atoms with Gasteiger partial charge in [-0.25, -0.2) is 9.80 Å². The van der Waals surface area contributed by atoms with Crippen LogP contribution in [0.15, 0.2) is 53.6 Å². The summed E-state index contributed by atoms with van der Waals surface area (Å²) < 4.78 is 5.21. The second-order valence-corrected chi connectivity index (χ2v) is 8.33. The molecule has 0 spiro atoms. The number of carbonyl (C=O) groups is 2. The van der Waals surface area contributed by atoms with E-state index in [1.807, 2.05) is 44.2 Å². The molecule has 2 N–H and O–H groups in total. The Morgan fingerprint density at radius 3 is 2.82 bits per heavy atom. The summed E-state index contributed by atoms with van der Waals surface area (Å²) in [6, 6.07) is 16.2. The molecule has 0 bridgehead atoms. The molecule has 0 saturated heterocycles. The first-order valence-electron chi connectivity index (χ1n) is 10.8. The lowest BCUT2D eigenvalue weighted by Crippen LogP contribution is -2.32. The minimum atomic E-state index is -0.512. The predicted octanol–water partition coefficient (Wildman–Crippen LogP) is 4.74. The maximum Gasteiger partial charge on any atom is 0.411 e. The fourth-order valence-corrected chi connectivity index (χ4v) is 4.04. The number of amides is 2. The number of nitriles is 1. The maximum absolute atomic E-state index is 12.6. The number of ether oxygens (including phenoxy) is 1. The van der Waals surface area contributed by atoms with E-state index in [0.29, 0.717) is 23.6 Å². The summed E-state index contributed by atoms with van der Waals surface area (Å²) in [4.78, 5) is 24.6. The third kappa shape index (κ3) is 6.81. The van der Waals surface area contributed by atoms with E-state index in [2.05, 4.69) is 21.8 Å². The molecule has 8 nitrogen and oxygen atoms in total. The van der Waals surface area contributed by atoms with Crippen LogP contribution in [0.1, 0.15) is 43.0 Å². The van der Waals surface area contributed by atoms with Gasteiger partial charge in [0.05, 0.1) is 30.0 Å². The Labute approximate surface area is 198 Å². The van der Waals surface area contributed by atoms with Crippen LogP contribution in [0.25, 0.3) is 0 Å². The lowest BCUT2D eigenvalue weighted by atomic mass is 10.1. The number of thioether (sulfide) groups is 1. The highest BCUT2D eigenvalue weighted by Gasteiger charge is 2.27. The average Bonchev–Trinajstić information content (AvgIpc) is 2.84. The molecule has 1 aliphatic rings. The second-order valence-electron chi connectivity index (χ2n) is 7.40. The Balaban J connectivity index is 1.67. The van der Waals surface area contributed by atoms with Gasteiger partial charge in [0.1, 0.15) is 0 Å². The summed E-state index contributed by atoms with van der Waals surface area (Å²) in [5.41, 5.74) is 3.64. The van der Waals surface area contributed by atoms with E-state index in [9.17, 15) is 9.59 Å². The summed E-state index contributed by atoms with van der Waals surface area (Å²) in [5, 5.41) is 20.8. The second kappa shape index (κ2) is 12.0. The van der Waals surface area contributed by atoms with Crippen LogP contribution in [-0.2, 0) is 4.74 Å². The first-order chi connectivity index (χ1) is 16.0. The first-order valence-corrected chi connectivity index (χ1v) is 11.8. The van der Waals surface area contributed by atoms with E-state index in [0.717, 1.165) is 36.3 Å². The molecule has 172 valence electrons. The molecule has 1 aliphatic heterocycles. The van der Waals surface area contributed by atoms with Gasteiger partial charge in [-0.15, -0.1) is 0 Å². The Kier molecular flexibility index (Phi) is 8.87. The number of hydrogen-bond donors (Lipinski definition) is 2. The largest absolute Gasteiger partial charge is 0.449 e. The zero-order chi connectivity index (χ0) is 23.6. The highest BCUT2D eigenvalue weighted by molar-refractivity contribution is 8.14. The van der Waals surface area contributed by atoms with Crippen molar-refractivity contribution in [2.75, 3.05) is 30.8 Å². The van der Waals surface area contributed by atoms with Gasteiger partial charge in [0.2, 0.25) is 0 Å². The van der Waals surface area contributed by atoms with E-state index in [4.69, 9.17) is 10.00 Å². The summed E-state index contributed by atoms with van der Waals surface area (Å²) in [7, 11) is 0. The summed E-state index contributed by atoms with van der Waals surface area (Å²) in [6.07, 6.45) is 0.231. The van der Waals surface area contributed by atoms with Crippen LogP contribution in [0, 0.1) is 11.3 Å². The quantitative estimate of drug-likeness (QED) is 0.518. The Hall–Kier alpha value is -3.35. The molecule has 0 saturated carbocycles. The number of rotatable bonds is 9. The van der Waals surface area contributed by atoms with Crippen LogP contribution in [0.5, 0.6) is 0 Å². The molecule has 1 heterocycles. The number of hydrazone groups is 1. The maximum atomic E-state index is 12.6. The van der Waals surface area contributed by atoms with E-state index < -0.39 is 6.09 Å². The van der Waals surface area contributed by atoms with Crippen molar-refractivity contribution in [3.8, 4) is 6.07 Å². The van der Waals surface area contributed by atoms with Gasteiger partial charge in [-0.2, -0.15) is 10.4 Å². The molecule has 33 heavy (non-hydrogen) atoms. The van der Waals surface area contributed by atoms with Gasteiger partial charge < -0.3 is 10.1 Å². The number of nitrogens with one attached hydrogen (secondary N) is 2. The van der Waals surface area contributed by atoms with Gasteiger partial charge in [0, 0.05) is 11.4 Å². The number of nitrogens with zero attached hydrogens (tertiary/aromatic N) is 3. The topological polar surface area (TPSA) is 107 Å². The Morgan fingerprint density at radius 1 is 1.30 bits per heavy atom. The SMILES string of the molecule is CCNCCCOC(=O)Nc1cccc(C(C)N2N=C(c3ccc(C#N)cc3)CSC2=O)c1. The number of anilines is 1. The van der Waals surface area contributed by atoms with Crippen LogP contribution in [0.4, 0.5) is 15.3 Å². The lowest BCUT2D eigenvalue weighted by Gasteiger charge is -2.29. The van der Waals surface area contributed by atoms with E-state index in [1.165, 1.54) is 16.8 Å². The first kappa shape index (κ1) is 24.3. The van der Waals surface area contributed by atoms with E-state index in [-0.39, 0.29) is 11.3 Å². The predicted molar refractivity (Wildman–Crippen MR) is 130 cm³/mol. The molecule has 2 amide bonds. The van der Waals surface area contributed by atoms with Crippen LogP contribution in [-0.4, -0.2) is 47.5 Å². The van der Waals surface area contributed by atoms with Gasteiger partial charge >= 0.3 is 11.3 Å². The molecule has 9 heteroatoms. The molecule has 3 rings (SSSR count). The van der Waals surface area contributed by atoms with Gasteiger partial charge in [-0.05, 0) is 61.8 Å². The van der Waals surface area contributed by atoms with E-state index in [1.54, 1.807) is 18.2 Å². The monoisotopic (exact) mass is 465 g/mol. The van der Waals surface area contributed by atoms with Crippen LogP contribution < -0.4 is 10.6 Å². The van der Waals surface area contributed by atoms with Crippen molar-refractivity contribution in [2.45, 2.75) is 26.3 Å². The van der Waals surface area contributed by atoms with Crippen LogP contribution in [0.2, 0.25) is 0 Å². The van der Waals surface area contributed by atoms with Crippen LogP contribution >= 0.6 is 11.8 Å². The molecule has 0 aromatic heterocycles. The fraction of sp³-hybridized carbons (Fsp3) is 0.333. The molecule has 1 unspecified atom stereocenters. The molecule has 2 aromatic rings. The molecule has 0 radical (unpaired) electrons. The summed E-state index contributed by atoms with van der Waals surface area (Å²) >= 11 is 1.19. The fourth-order valence-electron chi connectivity index (χ4n) is 3.23. The zero-order valence-electron chi connectivity index (χ0n) is 18.7. The normalized spacial score (nSPS) is 14.3. The van der Waals surface area contributed by atoms with Crippen molar-refractivity contribution in [1.82, 2.24) is 10.3 Å². The number of benzene rings is 2. The molecular formula is C24H27N5O3S. The van der Waals surface area contributed by atoms with Gasteiger partial charge in [0.25, 0.3) is 0 Å². The van der Waals surface area contributed by atoms with Crippen LogP contribution in [0.3, 0.4) is 0 Å². The molecule has 1 atom stereocenters. The van der Waals surface area contributed by atoms with E-state index >= 15 is 0 Å². The minimum Gasteiger partial charge on any atom is -0.449 e. The highest BCUT2D eigenvalue weighted by Crippen LogP contribution is 2.30. The lowest BCUT2D eigenvalue weighted by molar-refractivity contribution is 0.160. The number of carbonyl (C=O) groups excluding carboxylic acids is 2. The van der Waals surface area contributed by atoms with Crippen molar-refractivity contribution in [1.29, 1.82) is 5.26 Å². The van der Waals surface area contributed by atoms with Crippen molar-refractivity contribution >= 4 is 34.5 Å². The standard InChI is InChI=1S/C24H27N5O3S/c1-3-26-12-5-13-32-23(30)27-21-7-4-6-20(14-21)17(2)29-24(31)33-16-22(28-29)19-10-8-18(15-25)9-11-19/h4,6-11,14,17,26H,3,5,12-13,16H2,1-2H3,(H,27,30). The Bertz CT molecular complexity index is 1050. The third-order valence-corrected chi connectivity index (χ3v) is 5.91. The van der Waals surface area contributed by atoms with Crippen molar-refractivity contribution in [2.24, 2.45) is 5.10 Å². The Morgan fingerprint density at radius 2 is 2.09 bits per heavy atom. The van der Waals surface area contributed by atoms with Gasteiger partial charge in [0.15, 0.2) is 0 Å². The summed E-state index contributed by atoms with van der Waals surface area (Å²) in [6.45, 7) is 5.93. The van der Waals surface area contributed by atoms with Gasteiger partial charge in [-0.1, -0.05) is 43.0 Å². The smallest absolute Gasteiger partial charge is 0.411 e. The zero-order valence-corrected chi connectivity index (χ0v) is 19.5. The van der Waals surface area contributed by atoms with Crippen molar-refractivity contribution in [3.05, 3.63) is 65.2 Å². The molecule has 0 aliphatic carbocycles. The van der Waals surface area contributed by atoms with Crippen molar-refractivity contribution < 1.29 is 14.3 Å². The average molecular weight is 466 g/mol. The molecule has 2 aromatic carbocycles. The molecular weight excluding hydrogens is 438 g/mol. The van der Waals surface area contributed by atoms with Gasteiger partial charge in [-0.3, -0.25) is 10.1 Å². The number of hydrogen-bond acceptors (Lipinski definition) is 7.